The van der Waals surface area contributed by atoms with Gasteiger partial charge >= 0.3 is 35.5 Å². The molecule has 0 aliphatic rings. The maximum absolute atomic E-state index is 13.7. The van der Waals surface area contributed by atoms with E-state index >= 15 is 0 Å². The Bertz CT molecular complexity index is 1080. The van der Waals surface area contributed by atoms with E-state index in [0.29, 0.717) is 12.0 Å². The Morgan fingerprint density at radius 2 is 1.94 bits per heavy atom. The molecule has 0 bridgehead atoms. The summed E-state index contributed by atoms with van der Waals surface area (Å²) in [5.41, 5.74) is 3.31. The van der Waals surface area contributed by atoms with Crippen LogP contribution in [0.2, 0.25) is 0 Å². The number of carbonyl (C=O) groups is 1. The number of aliphatic hydroxyl groups is 1. The number of carboxylic acids is 1. The summed E-state index contributed by atoms with van der Waals surface area (Å²) in [4.78, 5) is 10.7. The van der Waals surface area contributed by atoms with Crippen LogP contribution in [0.5, 0.6) is 5.75 Å². The van der Waals surface area contributed by atoms with Gasteiger partial charge in [0.05, 0.1) is 12.6 Å². The van der Waals surface area contributed by atoms with Crippen molar-refractivity contribution < 1.29 is 24.5 Å². The van der Waals surface area contributed by atoms with Gasteiger partial charge in [-0.2, -0.15) is 0 Å². The first kappa shape index (κ1) is 25.1. The summed E-state index contributed by atoms with van der Waals surface area (Å²) in [6, 6.07) is 11.9. The molecule has 3 N–H and O–H groups in total. The van der Waals surface area contributed by atoms with Gasteiger partial charge in [0.1, 0.15) is 0 Å². The molecule has 0 aliphatic heterocycles. The van der Waals surface area contributed by atoms with E-state index in [-0.39, 0.29) is 48.6 Å². The summed E-state index contributed by atoms with van der Waals surface area (Å²) in [6.07, 6.45) is 6.18. The summed E-state index contributed by atoms with van der Waals surface area (Å²) in [5, 5.41) is 29.5. The van der Waals surface area contributed by atoms with Crippen molar-refractivity contribution in [3.8, 4) is 16.9 Å². The standard InChI is InChI=1S/C24H26FNO4.Na.H/c1-16(15-27)26-20-9-7-6-8-18(20)24(17-12-13-19(25)22(28)14-17)21(26)10-4-2-3-5-11-23(29)30;;/h4,6-10,12-14,16,27-28H,2-3,5,11,15H2,1H3,(H,29,30);;. The molecule has 0 radical (unpaired) electrons. The summed E-state index contributed by atoms with van der Waals surface area (Å²) in [6.45, 7) is 1.87. The number of aliphatic hydroxyl groups excluding tert-OH is 1. The van der Waals surface area contributed by atoms with E-state index in [2.05, 4.69) is 0 Å². The van der Waals surface area contributed by atoms with Gasteiger partial charge < -0.3 is 19.9 Å². The molecule has 3 rings (SSSR count). The third-order valence-electron chi connectivity index (χ3n) is 5.18. The van der Waals surface area contributed by atoms with Gasteiger partial charge in [0, 0.05) is 28.6 Å². The van der Waals surface area contributed by atoms with Crippen LogP contribution in [0.25, 0.3) is 28.1 Å². The number of benzene rings is 2. The average molecular weight is 435 g/mol. The SMILES string of the molecule is CC(CO)n1c(C=CCCCCC(=O)O)c(-c2ccc(F)c(O)c2)c2ccccc21.[NaH]. The van der Waals surface area contributed by atoms with Crippen LogP contribution in [0.15, 0.2) is 48.5 Å². The molecule has 1 atom stereocenters. The third kappa shape index (κ3) is 5.77. The predicted molar refractivity (Wildman–Crippen MR) is 123 cm³/mol. The number of phenolic OH excluding ortho intramolecular Hbond substituents is 1. The topological polar surface area (TPSA) is 82.7 Å². The molecule has 0 saturated heterocycles. The first-order valence-electron chi connectivity index (χ1n) is 10.0. The van der Waals surface area contributed by atoms with Crippen LogP contribution >= 0.6 is 0 Å². The van der Waals surface area contributed by atoms with Crippen LogP contribution in [-0.2, 0) is 4.79 Å². The molecule has 0 fully saturated rings. The summed E-state index contributed by atoms with van der Waals surface area (Å²) in [7, 11) is 0. The van der Waals surface area contributed by atoms with Crippen LogP contribution in [0, 0.1) is 5.82 Å². The van der Waals surface area contributed by atoms with Crippen molar-refractivity contribution in [2.24, 2.45) is 0 Å². The van der Waals surface area contributed by atoms with Crippen molar-refractivity contribution in [3.05, 3.63) is 60.1 Å². The number of unbranched alkanes of at least 4 members (excludes halogenated alkanes) is 2. The van der Waals surface area contributed by atoms with Crippen LogP contribution in [0.3, 0.4) is 0 Å². The number of carboxylic acid groups (broad SMARTS) is 1. The number of rotatable bonds is 9. The van der Waals surface area contributed by atoms with E-state index in [1.807, 2.05) is 47.9 Å². The molecule has 0 aliphatic carbocycles. The van der Waals surface area contributed by atoms with Crippen LogP contribution < -0.4 is 0 Å². The molecule has 0 spiro atoms. The minimum absolute atomic E-state index is 0. The van der Waals surface area contributed by atoms with Gasteiger partial charge in [0.2, 0.25) is 0 Å². The molecule has 0 amide bonds. The van der Waals surface area contributed by atoms with Crippen molar-refractivity contribution in [1.82, 2.24) is 4.57 Å². The Hall–Kier alpha value is -2.12. The van der Waals surface area contributed by atoms with Gasteiger partial charge in [-0.05, 0) is 56.0 Å². The van der Waals surface area contributed by atoms with Crippen LogP contribution in [-0.4, -0.2) is 62.0 Å². The number of phenols is 1. The van der Waals surface area contributed by atoms with Crippen molar-refractivity contribution in [2.45, 2.75) is 38.6 Å². The quantitative estimate of drug-likeness (QED) is 0.336. The van der Waals surface area contributed by atoms with Crippen molar-refractivity contribution >= 4 is 52.5 Å². The number of aromatic hydroxyl groups is 1. The van der Waals surface area contributed by atoms with Gasteiger partial charge in [-0.25, -0.2) is 4.39 Å². The maximum atomic E-state index is 13.7. The molecule has 2 aromatic carbocycles. The molecule has 1 heterocycles. The molecule has 1 unspecified atom stereocenters. The number of aliphatic carboxylic acids is 1. The zero-order valence-electron chi connectivity index (χ0n) is 16.9. The Morgan fingerprint density at radius 3 is 2.61 bits per heavy atom. The van der Waals surface area contributed by atoms with Gasteiger partial charge in [-0.15, -0.1) is 0 Å². The van der Waals surface area contributed by atoms with Gasteiger partial charge in [-0.3, -0.25) is 4.79 Å². The summed E-state index contributed by atoms with van der Waals surface area (Å²) >= 11 is 0. The molecular weight excluding hydrogens is 408 g/mol. The fraction of sp³-hybridized carbons (Fsp3) is 0.292. The fourth-order valence-corrected chi connectivity index (χ4v) is 3.71. The Kier molecular flexibility index (Phi) is 9.32. The number of nitrogens with zero attached hydrogens (tertiary/aromatic N) is 1. The van der Waals surface area contributed by atoms with E-state index in [9.17, 15) is 19.4 Å². The second kappa shape index (κ2) is 11.5. The average Bonchev–Trinajstić information content (AvgIpc) is 3.06. The van der Waals surface area contributed by atoms with E-state index in [0.717, 1.165) is 35.0 Å². The van der Waals surface area contributed by atoms with E-state index in [4.69, 9.17) is 5.11 Å². The van der Waals surface area contributed by atoms with E-state index in [1.165, 1.54) is 12.1 Å². The van der Waals surface area contributed by atoms with E-state index < -0.39 is 17.5 Å². The molecule has 5 nitrogen and oxygen atoms in total. The molecule has 3 aromatic rings. The number of allylic oxidation sites excluding steroid dienone is 1. The predicted octanol–water partition coefficient (Wildman–Crippen LogP) is 4.72. The first-order valence-corrected chi connectivity index (χ1v) is 10.0. The van der Waals surface area contributed by atoms with Crippen molar-refractivity contribution in [3.63, 3.8) is 0 Å². The second-order valence-corrected chi connectivity index (χ2v) is 7.39. The number of fused-ring (bicyclic) bond motifs is 1. The molecule has 31 heavy (non-hydrogen) atoms. The second-order valence-electron chi connectivity index (χ2n) is 7.39. The van der Waals surface area contributed by atoms with Crippen LogP contribution in [0.1, 0.15) is 44.3 Å². The number of aromatic nitrogens is 1. The summed E-state index contributed by atoms with van der Waals surface area (Å²) in [5.74, 6) is -1.89. The summed E-state index contributed by atoms with van der Waals surface area (Å²) < 4.78 is 15.7. The normalized spacial score (nSPS) is 12.2. The number of hydrogen-bond donors (Lipinski definition) is 3. The van der Waals surface area contributed by atoms with Gasteiger partial charge in [-0.1, -0.05) is 30.3 Å². The van der Waals surface area contributed by atoms with Crippen molar-refractivity contribution in [2.75, 3.05) is 6.61 Å². The van der Waals surface area contributed by atoms with Gasteiger partial charge in [0.15, 0.2) is 11.6 Å². The first-order chi connectivity index (χ1) is 14.4. The van der Waals surface area contributed by atoms with Gasteiger partial charge in [0.25, 0.3) is 0 Å². The van der Waals surface area contributed by atoms with Crippen LogP contribution in [0.4, 0.5) is 4.39 Å². The third-order valence-corrected chi connectivity index (χ3v) is 5.18. The molecular formula is C24H27FNNaO4. The Labute approximate surface area is 203 Å². The Balaban J connectivity index is 0.00000341. The zero-order valence-corrected chi connectivity index (χ0v) is 16.9. The molecule has 160 valence electrons. The number of halogens is 1. The Morgan fingerprint density at radius 1 is 1.19 bits per heavy atom. The molecule has 7 heteroatoms. The number of hydrogen-bond acceptors (Lipinski definition) is 3. The molecule has 0 saturated carbocycles. The van der Waals surface area contributed by atoms with Crippen molar-refractivity contribution in [1.29, 1.82) is 0 Å². The fourth-order valence-electron chi connectivity index (χ4n) is 3.71. The van der Waals surface area contributed by atoms with E-state index in [1.54, 1.807) is 6.07 Å². The zero-order chi connectivity index (χ0) is 21.7. The number of para-hydroxylation sites is 1. The monoisotopic (exact) mass is 435 g/mol. The minimum atomic E-state index is -0.797. The molecule has 1 aromatic heterocycles.